The summed E-state index contributed by atoms with van der Waals surface area (Å²) in [5.41, 5.74) is 1.00. The van der Waals surface area contributed by atoms with Crippen LogP contribution in [-0.4, -0.2) is 47.1 Å². The molecule has 1 aromatic carbocycles. The maximum Gasteiger partial charge on any atom is 0.503 e. The van der Waals surface area contributed by atoms with E-state index in [4.69, 9.17) is 15.0 Å². The minimum absolute atomic E-state index is 0.0289. The number of nitrogens with one attached hydrogen (secondary N) is 1. The van der Waals surface area contributed by atoms with Gasteiger partial charge in [0.2, 0.25) is 15.8 Å². The third-order valence-corrected chi connectivity index (χ3v) is 7.50. The van der Waals surface area contributed by atoms with Crippen molar-refractivity contribution in [1.82, 2.24) is 14.9 Å². The standard InChI is InChI=1S/C17H12F5N3O3S2.CH2O3/c18-16(19,17(20,21)22)15-23-14(24-28-15)12-6-7-13(29-12)30(26,27)25-11-8-10(11)9-4-2-1-3-5-9;2-1(3)4/h1-7,10-11,25H,8H2;(H2,2,3,4)/t10-,11+;/m1./s1. The van der Waals surface area contributed by atoms with Crippen LogP contribution in [0.2, 0.25) is 0 Å². The lowest BCUT2D eigenvalue weighted by molar-refractivity contribution is -0.298. The first-order valence-electron chi connectivity index (χ1n) is 9.10. The smallest absolute Gasteiger partial charge is 0.450 e. The SMILES string of the molecule is O=C(O)O.O=S(=O)(N[C@H]1C[C@@H]1c1ccccc1)c1ccc(-c2noc(C(F)(F)C(F)(F)F)n2)s1. The predicted molar refractivity (Wildman–Crippen MR) is 106 cm³/mol. The maximum atomic E-state index is 13.3. The number of hydrogen-bond acceptors (Lipinski definition) is 7. The Bertz CT molecular complexity index is 1260. The highest BCUT2D eigenvalue weighted by Crippen LogP contribution is 2.44. The minimum atomic E-state index is -5.90. The van der Waals surface area contributed by atoms with Gasteiger partial charge in [-0.15, -0.1) is 11.3 Å². The van der Waals surface area contributed by atoms with Crippen molar-refractivity contribution in [3.63, 3.8) is 0 Å². The number of aromatic nitrogens is 2. The highest BCUT2D eigenvalue weighted by Gasteiger charge is 2.63. The van der Waals surface area contributed by atoms with Crippen LogP contribution in [0.4, 0.5) is 26.7 Å². The number of hydrogen-bond donors (Lipinski definition) is 3. The van der Waals surface area contributed by atoms with Crippen LogP contribution in [-0.2, 0) is 15.9 Å². The van der Waals surface area contributed by atoms with Crippen LogP contribution < -0.4 is 4.72 Å². The largest absolute Gasteiger partial charge is 0.503 e. The van der Waals surface area contributed by atoms with Crippen molar-refractivity contribution in [1.29, 1.82) is 0 Å². The molecule has 1 aliphatic rings. The first-order valence-corrected chi connectivity index (χ1v) is 11.4. The number of benzene rings is 1. The van der Waals surface area contributed by atoms with Crippen molar-refractivity contribution in [2.24, 2.45) is 0 Å². The summed E-state index contributed by atoms with van der Waals surface area (Å²) in [5, 5.41) is 17.1. The van der Waals surface area contributed by atoms with Gasteiger partial charge in [0.15, 0.2) is 0 Å². The highest BCUT2D eigenvalue weighted by atomic mass is 32.2. The van der Waals surface area contributed by atoms with Crippen molar-refractivity contribution in [3.8, 4) is 10.7 Å². The van der Waals surface area contributed by atoms with Gasteiger partial charge in [0.1, 0.15) is 4.21 Å². The average Bonchev–Trinajstić information content (AvgIpc) is 3.13. The summed E-state index contributed by atoms with van der Waals surface area (Å²) in [7, 11) is -3.92. The summed E-state index contributed by atoms with van der Waals surface area (Å²) in [6.07, 6.45) is -7.10. The third-order valence-electron chi connectivity index (χ3n) is 4.44. The van der Waals surface area contributed by atoms with E-state index in [1.54, 1.807) is 0 Å². The molecule has 0 radical (unpaired) electrons. The summed E-state index contributed by atoms with van der Waals surface area (Å²) in [6.45, 7) is 0. The molecule has 1 fully saturated rings. The van der Waals surface area contributed by atoms with E-state index in [1.165, 1.54) is 12.1 Å². The van der Waals surface area contributed by atoms with Crippen LogP contribution in [0.25, 0.3) is 10.7 Å². The van der Waals surface area contributed by atoms with Crippen molar-refractivity contribution >= 4 is 27.5 Å². The van der Waals surface area contributed by atoms with Gasteiger partial charge in [0.25, 0.3) is 0 Å². The second kappa shape index (κ2) is 9.27. The van der Waals surface area contributed by atoms with Gasteiger partial charge in [-0.25, -0.2) is 17.9 Å². The van der Waals surface area contributed by atoms with Gasteiger partial charge in [0, 0.05) is 12.0 Å². The van der Waals surface area contributed by atoms with Crippen LogP contribution in [0.5, 0.6) is 0 Å². The molecule has 16 heteroatoms. The number of thiophene rings is 1. The van der Waals surface area contributed by atoms with E-state index in [2.05, 4.69) is 19.4 Å². The zero-order valence-electron chi connectivity index (χ0n) is 16.5. The molecule has 0 aliphatic heterocycles. The monoisotopic (exact) mass is 527 g/mol. The molecule has 1 saturated carbocycles. The van der Waals surface area contributed by atoms with Crippen LogP contribution in [0, 0.1) is 0 Å². The lowest BCUT2D eigenvalue weighted by atomic mass is 10.1. The first kappa shape index (κ1) is 25.5. The second-order valence-electron chi connectivity index (χ2n) is 6.88. The molecule has 34 heavy (non-hydrogen) atoms. The quantitative estimate of drug-likeness (QED) is 0.398. The van der Waals surface area contributed by atoms with Gasteiger partial charge in [-0.1, -0.05) is 35.5 Å². The van der Waals surface area contributed by atoms with E-state index in [0.29, 0.717) is 17.8 Å². The summed E-state index contributed by atoms with van der Waals surface area (Å²) in [5.74, 6) is -7.74. The second-order valence-corrected chi connectivity index (χ2v) is 9.90. The number of sulfonamides is 1. The molecule has 9 nitrogen and oxygen atoms in total. The number of carboxylic acid groups (broad SMARTS) is 2. The van der Waals surface area contributed by atoms with Gasteiger partial charge in [-0.05, 0) is 24.1 Å². The van der Waals surface area contributed by atoms with Crippen molar-refractivity contribution in [2.75, 3.05) is 0 Å². The van der Waals surface area contributed by atoms with Gasteiger partial charge < -0.3 is 14.7 Å². The Morgan fingerprint density at radius 2 is 1.71 bits per heavy atom. The van der Waals surface area contributed by atoms with E-state index in [1.807, 2.05) is 30.3 Å². The molecule has 4 rings (SSSR count). The number of rotatable bonds is 6. The molecule has 2 aromatic heterocycles. The zero-order chi connectivity index (χ0) is 25.3. The normalized spacial score (nSPS) is 18.1. The fraction of sp³-hybridized carbons (Fsp3) is 0.278. The molecule has 2 atom stereocenters. The summed E-state index contributed by atoms with van der Waals surface area (Å²) < 4.78 is 95.4. The van der Waals surface area contributed by atoms with Gasteiger partial charge in [-0.3, -0.25) is 0 Å². The fourth-order valence-electron chi connectivity index (χ4n) is 2.81. The molecule has 0 bridgehead atoms. The predicted octanol–water partition coefficient (Wildman–Crippen LogP) is 4.51. The van der Waals surface area contributed by atoms with Gasteiger partial charge in [-0.2, -0.15) is 26.9 Å². The fourth-order valence-corrected chi connectivity index (χ4v) is 5.35. The highest BCUT2D eigenvalue weighted by molar-refractivity contribution is 7.91. The first-order chi connectivity index (χ1) is 15.7. The summed E-state index contributed by atoms with van der Waals surface area (Å²) >= 11 is 0.630. The number of carbonyl (C=O) groups is 1. The topological polar surface area (TPSA) is 143 Å². The third kappa shape index (κ3) is 5.68. The van der Waals surface area contributed by atoms with E-state index in [0.717, 1.165) is 5.56 Å². The Hall–Kier alpha value is -3.11. The minimum Gasteiger partial charge on any atom is -0.450 e. The molecule has 3 aromatic rings. The van der Waals surface area contributed by atoms with Crippen molar-refractivity contribution < 1.29 is 49.9 Å². The molecule has 1 aliphatic carbocycles. The average molecular weight is 527 g/mol. The molecule has 0 unspecified atom stereocenters. The molecule has 184 valence electrons. The molecular formula is C18H14F5N3O6S2. The lowest BCUT2D eigenvalue weighted by Gasteiger charge is -2.14. The molecule has 2 heterocycles. The van der Waals surface area contributed by atoms with Crippen molar-refractivity contribution in [3.05, 3.63) is 53.9 Å². The van der Waals surface area contributed by atoms with Crippen LogP contribution in [0.3, 0.4) is 0 Å². The Morgan fingerprint density at radius 3 is 2.29 bits per heavy atom. The van der Waals surface area contributed by atoms with E-state index >= 15 is 0 Å². The Kier molecular flexibility index (Phi) is 6.95. The Balaban J connectivity index is 0.000000751. The van der Waals surface area contributed by atoms with E-state index in [-0.39, 0.29) is 21.0 Å². The van der Waals surface area contributed by atoms with E-state index in [9.17, 15) is 30.4 Å². The number of alkyl halides is 5. The van der Waals surface area contributed by atoms with Crippen LogP contribution in [0.1, 0.15) is 23.8 Å². The molecule has 0 saturated heterocycles. The van der Waals surface area contributed by atoms with E-state index < -0.39 is 40.0 Å². The van der Waals surface area contributed by atoms with Crippen LogP contribution in [0.15, 0.2) is 51.2 Å². The van der Waals surface area contributed by atoms with Gasteiger partial charge >= 0.3 is 24.1 Å². The number of nitrogens with zero attached hydrogens (tertiary/aromatic N) is 2. The lowest BCUT2D eigenvalue weighted by Crippen LogP contribution is -2.33. The summed E-state index contributed by atoms with van der Waals surface area (Å²) in [4.78, 5) is 11.6. The molecule has 0 amide bonds. The Labute approximate surface area is 191 Å². The molecule has 0 spiro atoms. The number of halogens is 5. The molecular weight excluding hydrogens is 513 g/mol. The van der Waals surface area contributed by atoms with Crippen LogP contribution >= 0.6 is 11.3 Å². The zero-order valence-corrected chi connectivity index (χ0v) is 18.2. The molecule has 3 N–H and O–H groups in total. The Morgan fingerprint density at radius 1 is 1.09 bits per heavy atom. The van der Waals surface area contributed by atoms with Crippen molar-refractivity contribution in [2.45, 2.75) is 34.7 Å². The maximum absolute atomic E-state index is 13.3. The summed E-state index contributed by atoms with van der Waals surface area (Å²) in [6, 6.07) is 11.5. The van der Waals surface area contributed by atoms with Gasteiger partial charge in [0.05, 0.1) is 4.88 Å².